The summed E-state index contributed by atoms with van der Waals surface area (Å²) in [6.45, 7) is 6.32. The van der Waals surface area contributed by atoms with E-state index in [9.17, 15) is 0 Å². The number of nitrogens with zero attached hydrogens (tertiary/aromatic N) is 1. The van der Waals surface area contributed by atoms with Crippen molar-refractivity contribution in [2.24, 2.45) is 0 Å². The summed E-state index contributed by atoms with van der Waals surface area (Å²) in [5.74, 6) is 0.864. The van der Waals surface area contributed by atoms with Crippen molar-refractivity contribution >= 4 is 17.5 Å². The molecule has 140 valence electrons. The highest BCUT2D eigenvalue weighted by molar-refractivity contribution is 5.93. The quantitative estimate of drug-likeness (QED) is 0.464. The molecule has 4 rings (SSSR count). The number of benzene rings is 3. The highest BCUT2D eigenvalue weighted by Gasteiger charge is 2.30. The summed E-state index contributed by atoms with van der Waals surface area (Å²) in [5.41, 5.74) is 7.35. The molecule has 1 aliphatic heterocycles. The predicted molar refractivity (Wildman–Crippen MR) is 118 cm³/mol. The second-order valence-corrected chi connectivity index (χ2v) is 7.27. The number of hydrogen-bond donors (Lipinski definition) is 0. The fourth-order valence-electron chi connectivity index (χ4n) is 3.89. The van der Waals surface area contributed by atoms with Crippen LogP contribution in [0.1, 0.15) is 36.1 Å². The molecule has 0 aliphatic carbocycles. The summed E-state index contributed by atoms with van der Waals surface area (Å²) >= 11 is 0. The molecule has 0 saturated heterocycles. The first-order valence-electron chi connectivity index (χ1n) is 9.61. The highest BCUT2D eigenvalue weighted by atomic mass is 16.5. The third-order valence-corrected chi connectivity index (χ3v) is 5.18. The van der Waals surface area contributed by atoms with Crippen molar-refractivity contribution in [2.45, 2.75) is 19.4 Å². The minimum absolute atomic E-state index is 0.197. The minimum Gasteiger partial charge on any atom is -0.497 e. The summed E-state index contributed by atoms with van der Waals surface area (Å²) < 4.78 is 5.37. The van der Waals surface area contributed by atoms with Gasteiger partial charge in [-0.1, -0.05) is 60.2 Å². The van der Waals surface area contributed by atoms with E-state index in [0.29, 0.717) is 0 Å². The van der Waals surface area contributed by atoms with Crippen LogP contribution in [-0.4, -0.2) is 7.11 Å². The topological polar surface area (TPSA) is 12.5 Å². The van der Waals surface area contributed by atoms with E-state index < -0.39 is 0 Å². The lowest BCUT2D eigenvalue weighted by molar-refractivity contribution is 0.415. The standard InChI is InChI=1S/C26H25NO/c1-19(2)17-26-24-12-8-7-11-21(24)18-25(20-9-5-4-6-10-20)27(26)22-13-15-23(28-3)16-14-22/h4-16,18,26H,1,17H2,2-3H3. The molecule has 0 saturated carbocycles. The summed E-state index contributed by atoms with van der Waals surface area (Å²) in [5, 5.41) is 0. The van der Waals surface area contributed by atoms with Crippen molar-refractivity contribution < 1.29 is 4.74 Å². The smallest absolute Gasteiger partial charge is 0.119 e. The molecule has 1 atom stereocenters. The molecule has 28 heavy (non-hydrogen) atoms. The van der Waals surface area contributed by atoms with Crippen LogP contribution in [-0.2, 0) is 0 Å². The zero-order chi connectivity index (χ0) is 19.5. The van der Waals surface area contributed by atoms with Gasteiger partial charge in [-0.2, -0.15) is 0 Å². The Hall–Kier alpha value is -3.26. The number of fused-ring (bicyclic) bond motifs is 1. The lowest BCUT2D eigenvalue weighted by Gasteiger charge is -2.40. The first kappa shape index (κ1) is 18.1. The average Bonchev–Trinajstić information content (AvgIpc) is 2.74. The van der Waals surface area contributed by atoms with E-state index in [1.807, 2.05) is 12.1 Å². The van der Waals surface area contributed by atoms with Gasteiger partial charge in [-0.05, 0) is 60.4 Å². The molecule has 3 aromatic carbocycles. The van der Waals surface area contributed by atoms with Gasteiger partial charge in [0, 0.05) is 11.4 Å². The molecule has 2 nitrogen and oxygen atoms in total. The Bertz CT molecular complexity index is 1000. The van der Waals surface area contributed by atoms with Gasteiger partial charge in [-0.25, -0.2) is 0 Å². The largest absolute Gasteiger partial charge is 0.497 e. The van der Waals surface area contributed by atoms with Crippen LogP contribution >= 0.6 is 0 Å². The van der Waals surface area contributed by atoms with Crippen molar-refractivity contribution in [3.8, 4) is 5.75 Å². The first-order valence-corrected chi connectivity index (χ1v) is 9.61. The van der Waals surface area contributed by atoms with Crippen LogP contribution in [0.3, 0.4) is 0 Å². The predicted octanol–water partition coefficient (Wildman–Crippen LogP) is 6.72. The maximum absolute atomic E-state index is 5.37. The van der Waals surface area contributed by atoms with Crippen molar-refractivity contribution in [2.75, 3.05) is 12.0 Å². The van der Waals surface area contributed by atoms with Crippen LogP contribution in [0.2, 0.25) is 0 Å². The van der Waals surface area contributed by atoms with E-state index in [4.69, 9.17) is 4.74 Å². The van der Waals surface area contributed by atoms with Gasteiger partial charge in [0.15, 0.2) is 0 Å². The molecule has 0 spiro atoms. The normalized spacial score (nSPS) is 15.6. The fraction of sp³-hybridized carbons (Fsp3) is 0.154. The van der Waals surface area contributed by atoms with Gasteiger partial charge in [0.2, 0.25) is 0 Å². The molecule has 1 heterocycles. The van der Waals surface area contributed by atoms with E-state index >= 15 is 0 Å². The maximum atomic E-state index is 5.37. The fourth-order valence-corrected chi connectivity index (χ4v) is 3.89. The Morgan fingerprint density at radius 2 is 1.61 bits per heavy atom. The lowest BCUT2D eigenvalue weighted by Crippen LogP contribution is -2.30. The minimum atomic E-state index is 0.197. The molecular formula is C26H25NO. The molecule has 0 aromatic heterocycles. The Kier molecular flexibility index (Phi) is 5.03. The monoisotopic (exact) mass is 367 g/mol. The van der Waals surface area contributed by atoms with Gasteiger partial charge in [-0.3, -0.25) is 0 Å². The number of anilines is 1. The third kappa shape index (κ3) is 3.46. The Morgan fingerprint density at radius 3 is 2.29 bits per heavy atom. The molecule has 0 bridgehead atoms. The van der Waals surface area contributed by atoms with E-state index in [-0.39, 0.29) is 6.04 Å². The molecule has 2 heteroatoms. The van der Waals surface area contributed by atoms with E-state index in [0.717, 1.165) is 17.9 Å². The van der Waals surface area contributed by atoms with E-state index in [1.54, 1.807) is 7.11 Å². The van der Waals surface area contributed by atoms with Crippen LogP contribution in [0.4, 0.5) is 5.69 Å². The lowest BCUT2D eigenvalue weighted by atomic mass is 9.88. The second kappa shape index (κ2) is 7.77. The van der Waals surface area contributed by atoms with Crippen molar-refractivity contribution in [1.82, 2.24) is 0 Å². The van der Waals surface area contributed by atoms with Gasteiger partial charge < -0.3 is 9.64 Å². The SMILES string of the molecule is C=C(C)CC1c2ccccc2C=C(c2ccccc2)N1c1ccc(OC)cc1. The van der Waals surface area contributed by atoms with Gasteiger partial charge in [0.1, 0.15) is 5.75 Å². The molecule has 3 aromatic rings. The molecule has 0 fully saturated rings. The van der Waals surface area contributed by atoms with Crippen LogP contribution in [0, 0.1) is 0 Å². The summed E-state index contributed by atoms with van der Waals surface area (Å²) in [4.78, 5) is 2.44. The van der Waals surface area contributed by atoms with Crippen LogP contribution < -0.4 is 9.64 Å². The van der Waals surface area contributed by atoms with Crippen LogP contribution in [0.15, 0.2) is 91.0 Å². The van der Waals surface area contributed by atoms with E-state index in [1.165, 1.54) is 28.0 Å². The highest BCUT2D eigenvalue weighted by Crippen LogP contribution is 2.44. The molecule has 1 unspecified atom stereocenters. The van der Waals surface area contributed by atoms with Crippen molar-refractivity contribution in [3.05, 3.63) is 108 Å². The number of ether oxygens (including phenoxy) is 1. The van der Waals surface area contributed by atoms with Gasteiger partial charge >= 0.3 is 0 Å². The molecule has 0 amide bonds. The molecular weight excluding hydrogens is 342 g/mol. The average molecular weight is 367 g/mol. The molecule has 0 N–H and O–H groups in total. The number of methoxy groups -OCH3 is 1. The second-order valence-electron chi connectivity index (χ2n) is 7.27. The summed E-state index contributed by atoms with van der Waals surface area (Å²) in [7, 11) is 1.70. The third-order valence-electron chi connectivity index (χ3n) is 5.18. The van der Waals surface area contributed by atoms with Crippen LogP contribution in [0.25, 0.3) is 11.8 Å². The molecule has 1 aliphatic rings. The van der Waals surface area contributed by atoms with E-state index in [2.05, 4.69) is 91.2 Å². The maximum Gasteiger partial charge on any atom is 0.119 e. The van der Waals surface area contributed by atoms with Crippen LogP contribution in [0.5, 0.6) is 5.75 Å². The Morgan fingerprint density at radius 1 is 0.929 bits per heavy atom. The Balaban J connectivity index is 1.91. The number of rotatable bonds is 5. The number of hydrogen-bond acceptors (Lipinski definition) is 2. The summed E-state index contributed by atoms with van der Waals surface area (Å²) in [6, 6.07) is 27.8. The van der Waals surface area contributed by atoms with Crippen molar-refractivity contribution in [3.63, 3.8) is 0 Å². The van der Waals surface area contributed by atoms with Gasteiger partial charge in [0.05, 0.1) is 13.2 Å². The molecule has 0 radical (unpaired) electrons. The van der Waals surface area contributed by atoms with Gasteiger partial charge in [0.25, 0.3) is 0 Å². The Labute approximate surface area is 167 Å². The van der Waals surface area contributed by atoms with Crippen molar-refractivity contribution in [1.29, 1.82) is 0 Å². The summed E-state index contributed by atoms with van der Waals surface area (Å²) in [6.07, 6.45) is 3.19. The zero-order valence-corrected chi connectivity index (χ0v) is 16.4. The first-order chi connectivity index (χ1) is 13.7. The van der Waals surface area contributed by atoms with Gasteiger partial charge in [-0.15, -0.1) is 6.58 Å². The zero-order valence-electron chi connectivity index (χ0n) is 16.4.